The van der Waals surface area contributed by atoms with Gasteiger partial charge in [0, 0.05) is 12.1 Å². The van der Waals surface area contributed by atoms with Gasteiger partial charge in [-0.2, -0.15) is 0 Å². The van der Waals surface area contributed by atoms with Gasteiger partial charge in [0.15, 0.2) is 0 Å². The molecule has 0 N–H and O–H groups in total. The minimum Gasteiger partial charge on any atom is -0.462 e. The smallest absolute Gasteiger partial charge is 0.311 e. The van der Waals surface area contributed by atoms with Crippen LogP contribution in [0.25, 0.3) is 0 Å². The molecule has 0 spiro atoms. The van der Waals surface area contributed by atoms with Crippen molar-refractivity contribution in [1.29, 1.82) is 0 Å². The maximum absolute atomic E-state index is 12.9. The minimum atomic E-state index is -0.478. The van der Waals surface area contributed by atoms with Crippen LogP contribution in [0.3, 0.4) is 0 Å². The molecule has 0 aliphatic heterocycles. The predicted molar refractivity (Wildman–Crippen MR) is 124 cm³/mol. The van der Waals surface area contributed by atoms with Crippen molar-refractivity contribution in [3.05, 3.63) is 0 Å². The monoisotopic (exact) mass is 438 g/mol. The summed E-state index contributed by atoms with van der Waals surface area (Å²) in [6, 6.07) is 0.574. The number of esters is 2. The van der Waals surface area contributed by atoms with E-state index in [-0.39, 0.29) is 35.9 Å². The Bertz CT molecular complexity index is 599. The van der Waals surface area contributed by atoms with Gasteiger partial charge in [0.1, 0.15) is 5.60 Å². The van der Waals surface area contributed by atoms with E-state index in [0.29, 0.717) is 12.0 Å². The largest absolute Gasteiger partial charge is 0.462 e. The van der Waals surface area contributed by atoms with E-state index < -0.39 is 5.60 Å². The lowest BCUT2D eigenvalue weighted by Crippen LogP contribution is -2.49. The van der Waals surface area contributed by atoms with Crippen LogP contribution in [0.1, 0.15) is 79.1 Å². The highest BCUT2D eigenvalue weighted by molar-refractivity contribution is 5.74. The first-order chi connectivity index (χ1) is 14.4. The number of hydrogen-bond donors (Lipinski definition) is 0. The van der Waals surface area contributed by atoms with Gasteiger partial charge in [-0.25, -0.2) is 0 Å². The van der Waals surface area contributed by atoms with E-state index in [9.17, 15) is 9.59 Å². The number of rotatable bonds is 7. The summed E-state index contributed by atoms with van der Waals surface area (Å²) in [5.41, 5.74) is -0.478. The van der Waals surface area contributed by atoms with Gasteiger partial charge in [0.2, 0.25) is 0 Å². The number of nitrogens with zero attached hydrogens (tertiary/aromatic N) is 2. The van der Waals surface area contributed by atoms with Gasteiger partial charge < -0.3 is 19.3 Å². The lowest BCUT2D eigenvalue weighted by molar-refractivity contribution is -0.166. The van der Waals surface area contributed by atoms with Crippen molar-refractivity contribution < 1.29 is 19.1 Å². The first-order valence-electron chi connectivity index (χ1n) is 12.1. The lowest BCUT2D eigenvalue weighted by Gasteiger charge is -2.42. The van der Waals surface area contributed by atoms with Gasteiger partial charge >= 0.3 is 11.9 Å². The van der Waals surface area contributed by atoms with E-state index in [2.05, 4.69) is 23.9 Å². The first kappa shape index (κ1) is 26.1. The highest BCUT2D eigenvalue weighted by atomic mass is 16.6. The molecule has 180 valence electrons. The third-order valence-corrected chi connectivity index (χ3v) is 6.95. The van der Waals surface area contributed by atoms with Gasteiger partial charge in [-0.1, -0.05) is 12.8 Å². The van der Waals surface area contributed by atoms with Crippen LogP contribution in [-0.4, -0.2) is 73.7 Å². The van der Waals surface area contributed by atoms with Gasteiger partial charge in [0.25, 0.3) is 0 Å². The van der Waals surface area contributed by atoms with Crippen LogP contribution in [0.5, 0.6) is 0 Å². The van der Waals surface area contributed by atoms with Crippen LogP contribution in [0, 0.1) is 17.8 Å². The lowest BCUT2D eigenvalue weighted by atomic mass is 9.74. The Morgan fingerprint density at radius 1 is 0.935 bits per heavy atom. The number of hydrogen-bond acceptors (Lipinski definition) is 6. The molecule has 6 nitrogen and oxygen atoms in total. The summed E-state index contributed by atoms with van der Waals surface area (Å²) in [6.07, 6.45) is 7.63. The van der Waals surface area contributed by atoms with E-state index >= 15 is 0 Å². The molecule has 0 saturated heterocycles. The summed E-state index contributed by atoms with van der Waals surface area (Å²) >= 11 is 0. The van der Waals surface area contributed by atoms with E-state index in [1.165, 1.54) is 0 Å². The number of carbonyl (C=O) groups is 2. The summed E-state index contributed by atoms with van der Waals surface area (Å²) in [7, 11) is 8.26. The van der Waals surface area contributed by atoms with Gasteiger partial charge in [0.05, 0.1) is 17.9 Å². The molecular formula is C25H46N2O4. The molecule has 0 aromatic carbocycles. The molecule has 0 bridgehead atoms. The van der Waals surface area contributed by atoms with Gasteiger partial charge in [-0.05, 0) is 100 Å². The van der Waals surface area contributed by atoms with E-state index in [0.717, 1.165) is 51.4 Å². The predicted octanol–water partition coefficient (Wildman–Crippen LogP) is 4.12. The second-order valence-electron chi connectivity index (χ2n) is 11.2. The normalized spacial score (nSPS) is 30.8. The Hall–Kier alpha value is -1.14. The van der Waals surface area contributed by atoms with Crippen LogP contribution >= 0.6 is 0 Å². The highest BCUT2D eigenvalue weighted by Gasteiger charge is 2.41. The molecule has 2 aliphatic rings. The third-order valence-electron chi connectivity index (χ3n) is 6.95. The van der Waals surface area contributed by atoms with Crippen molar-refractivity contribution in [1.82, 2.24) is 9.80 Å². The van der Waals surface area contributed by atoms with Crippen molar-refractivity contribution in [2.75, 3.05) is 28.2 Å². The maximum Gasteiger partial charge on any atom is 0.311 e. The average Bonchev–Trinajstić information content (AvgIpc) is 2.66. The molecule has 0 amide bonds. The van der Waals surface area contributed by atoms with Crippen molar-refractivity contribution in [2.45, 2.75) is 103 Å². The first-order valence-corrected chi connectivity index (χ1v) is 12.1. The Balaban J connectivity index is 1.97. The molecule has 6 heteroatoms. The fraction of sp³-hybridized carbons (Fsp3) is 0.920. The van der Waals surface area contributed by atoms with Crippen LogP contribution < -0.4 is 0 Å². The Kier molecular flexibility index (Phi) is 9.38. The standard InChI is InChI=1S/C25H46N2O4/c1-17(30-23(28)19-12-9-13-20(16-19)26(5)6)15-18-11-10-14-21(22(18)27(7)8)24(29)31-25(2,3)4/h17-22H,9-16H2,1-8H3. The van der Waals surface area contributed by atoms with Crippen LogP contribution in [0.15, 0.2) is 0 Å². The highest BCUT2D eigenvalue weighted by Crippen LogP contribution is 2.37. The summed E-state index contributed by atoms with van der Waals surface area (Å²) < 4.78 is 11.7. The quantitative estimate of drug-likeness (QED) is 0.558. The SMILES string of the molecule is CC(CC1CCCC(C(=O)OC(C)(C)C)C1N(C)C)OC(=O)C1CCCC(N(C)C)C1. The fourth-order valence-electron chi connectivity index (χ4n) is 5.56. The molecule has 2 saturated carbocycles. The summed E-state index contributed by atoms with van der Waals surface area (Å²) in [6.45, 7) is 7.77. The van der Waals surface area contributed by atoms with E-state index in [1.807, 2.05) is 41.8 Å². The van der Waals surface area contributed by atoms with E-state index in [1.54, 1.807) is 0 Å². The molecule has 2 fully saturated rings. The molecule has 6 unspecified atom stereocenters. The molecule has 0 aromatic rings. The van der Waals surface area contributed by atoms with Crippen LogP contribution in [0.4, 0.5) is 0 Å². The molecule has 6 atom stereocenters. The zero-order valence-electron chi connectivity index (χ0n) is 21.1. The minimum absolute atomic E-state index is 0.00844. The maximum atomic E-state index is 12.9. The second kappa shape index (κ2) is 11.1. The summed E-state index contributed by atoms with van der Waals surface area (Å²) in [5, 5.41) is 0. The molecule has 0 radical (unpaired) electrons. The van der Waals surface area contributed by atoms with Gasteiger partial charge in [-0.3, -0.25) is 9.59 Å². The zero-order chi connectivity index (χ0) is 23.3. The van der Waals surface area contributed by atoms with Gasteiger partial charge in [-0.15, -0.1) is 0 Å². The van der Waals surface area contributed by atoms with Crippen molar-refractivity contribution >= 4 is 11.9 Å². The topological polar surface area (TPSA) is 59.1 Å². The number of ether oxygens (including phenoxy) is 2. The summed E-state index contributed by atoms with van der Waals surface area (Å²) in [4.78, 5) is 30.1. The molecule has 0 heterocycles. The van der Waals surface area contributed by atoms with Crippen LogP contribution in [-0.2, 0) is 19.1 Å². The van der Waals surface area contributed by atoms with Crippen LogP contribution in [0.2, 0.25) is 0 Å². The molecular weight excluding hydrogens is 392 g/mol. The summed E-state index contributed by atoms with van der Waals surface area (Å²) in [5.74, 6) is 0.0477. The van der Waals surface area contributed by atoms with Crippen molar-refractivity contribution in [3.8, 4) is 0 Å². The Morgan fingerprint density at radius 3 is 2.16 bits per heavy atom. The Labute approximate surface area is 190 Å². The Morgan fingerprint density at radius 2 is 1.58 bits per heavy atom. The van der Waals surface area contributed by atoms with Crippen molar-refractivity contribution in [3.63, 3.8) is 0 Å². The molecule has 2 rings (SSSR count). The number of carbonyl (C=O) groups excluding carboxylic acids is 2. The average molecular weight is 439 g/mol. The molecule has 0 aromatic heterocycles. The fourth-order valence-corrected chi connectivity index (χ4v) is 5.56. The molecule has 31 heavy (non-hydrogen) atoms. The van der Waals surface area contributed by atoms with E-state index in [4.69, 9.17) is 9.47 Å². The second-order valence-corrected chi connectivity index (χ2v) is 11.2. The zero-order valence-corrected chi connectivity index (χ0v) is 21.1. The van der Waals surface area contributed by atoms with Crippen molar-refractivity contribution in [2.24, 2.45) is 17.8 Å². The third kappa shape index (κ3) is 7.74. The molecule has 2 aliphatic carbocycles.